The second-order valence-electron chi connectivity index (χ2n) is 9.89. The number of hydrogen-bond donors (Lipinski definition) is 0. The minimum Gasteiger partial charge on any atom is -0.549 e. The third-order valence-corrected chi connectivity index (χ3v) is 6.51. The Kier molecular flexibility index (Phi) is 27.7. The Bertz CT molecular complexity index is 728. The monoisotopic (exact) mass is 765 g/mol. The largest absolute Gasteiger partial charge is 2.00 e. The van der Waals surface area contributed by atoms with Crippen LogP contribution >= 0.6 is 0 Å². The Balaban J connectivity index is -0.000000735. The van der Waals surface area contributed by atoms with Crippen LogP contribution in [0.15, 0.2) is 0 Å². The summed E-state index contributed by atoms with van der Waals surface area (Å²) in [4.78, 5) is 73.6. The van der Waals surface area contributed by atoms with Crippen molar-refractivity contribution in [3.8, 4) is 0 Å². The molecule has 3 radical (unpaired) electrons. The molecular formula is C24H36Mn3N6O12. The van der Waals surface area contributed by atoms with Crippen molar-refractivity contribution in [3.05, 3.63) is 0 Å². The zero-order chi connectivity index (χ0) is 31.7. The second-order valence-corrected chi connectivity index (χ2v) is 9.89. The normalized spacial score (nSPS) is 18.1. The molecule has 0 bridgehead atoms. The Labute approximate surface area is 292 Å². The fraction of sp³-hybridized carbons (Fsp3) is 0.750. The van der Waals surface area contributed by atoms with E-state index in [1.165, 1.54) is 0 Å². The van der Waals surface area contributed by atoms with Gasteiger partial charge in [0.05, 0.1) is 35.8 Å². The van der Waals surface area contributed by atoms with Crippen LogP contribution < -0.4 is 30.6 Å². The summed E-state index contributed by atoms with van der Waals surface area (Å²) in [6.07, 6.45) is 0. The van der Waals surface area contributed by atoms with Crippen molar-refractivity contribution in [2.24, 2.45) is 0 Å². The van der Waals surface area contributed by atoms with Crippen LogP contribution in [0.1, 0.15) is 0 Å². The molecule has 2 rings (SSSR count). The van der Waals surface area contributed by atoms with Crippen LogP contribution in [0.25, 0.3) is 0 Å². The van der Waals surface area contributed by atoms with Crippen LogP contribution in [-0.4, -0.2) is 183 Å². The quantitative estimate of drug-likeness (QED) is 0.167. The van der Waals surface area contributed by atoms with Gasteiger partial charge in [-0.3, -0.25) is 29.4 Å². The molecule has 2 fully saturated rings. The third kappa shape index (κ3) is 25.0. The van der Waals surface area contributed by atoms with Crippen LogP contribution in [0, 0.1) is 0 Å². The van der Waals surface area contributed by atoms with E-state index < -0.39 is 35.8 Å². The van der Waals surface area contributed by atoms with E-state index in [1.54, 1.807) is 29.4 Å². The summed E-state index contributed by atoms with van der Waals surface area (Å²) in [5.41, 5.74) is 0. The van der Waals surface area contributed by atoms with E-state index in [9.17, 15) is 59.4 Å². The van der Waals surface area contributed by atoms with Gasteiger partial charge in [-0.25, -0.2) is 0 Å². The van der Waals surface area contributed by atoms with Gasteiger partial charge in [-0.1, -0.05) is 0 Å². The first-order valence-corrected chi connectivity index (χ1v) is 13.3. The molecule has 0 spiro atoms. The van der Waals surface area contributed by atoms with Crippen molar-refractivity contribution in [2.45, 2.75) is 0 Å². The summed E-state index contributed by atoms with van der Waals surface area (Å²) in [6, 6.07) is 0. The van der Waals surface area contributed by atoms with Gasteiger partial charge in [0.25, 0.3) is 0 Å². The Morgan fingerprint density at radius 3 is 0.444 bits per heavy atom. The maximum atomic E-state index is 10.7. The number of carboxylic acids is 6. The van der Waals surface area contributed by atoms with Crippen LogP contribution in [0.5, 0.6) is 0 Å². The van der Waals surface area contributed by atoms with Crippen molar-refractivity contribution in [1.82, 2.24) is 29.4 Å². The fourth-order valence-corrected chi connectivity index (χ4v) is 4.41. The zero-order valence-corrected chi connectivity index (χ0v) is 28.0. The van der Waals surface area contributed by atoms with Gasteiger partial charge in [0.1, 0.15) is 0 Å². The Morgan fingerprint density at radius 1 is 0.289 bits per heavy atom. The van der Waals surface area contributed by atoms with Gasteiger partial charge in [0, 0.05) is 118 Å². The molecule has 2 heterocycles. The number of nitrogens with zero attached hydrogens (tertiary/aromatic N) is 6. The van der Waals surface area contributed by atoms with E-state index >= 15 is 0 Å². The predicted molar refractivity (Wildman–Crippen MR) is 129 cm³/mol. The molecule has 2 aliphatic heterocycles. The topological polar surface area (TPSA) is 260 Å². The van der Waals surface area contributed by atoms with E-state index in [4.69, 9.17) is 0 Å². The molecule has 0 unspecified atom stereocenters. The number of rotatable bonds is 12. The molecule has 0 aromatic rings. The average molecular weight is 765 g/mol. The van der Waals surface area contributed by atoms with Gasteiger partial charge in [0.2, 0.25) is 0 Å². The van der Waals surface area contributed by atoms with Gasteiger partial charge >= 0.3 is 51.2 Å². The van der Waals surface area contributed by atoms with E-state index in [-0.39, 0.29) is 90.5 Å². The molecule has 2 saturated heterocycles. The molecule has 45 heavy (non-hydrogen) atoms. The minimum atomic E-state index is -1.23. The molecule has 18 nitrogen and oxygen atoms in total. The molecule has 0 aromatic heterocycles. The molecule has 2 aliphatic rings. The minimum absolute atomic E-state index is 0. The summed E-state index contributed by atoms with van der Waals surface area (Å²) in [6.45, 7) is 2.66. The average Bonchev–Trinajstić information content (AvgIpc) is 2.99. The first-order chi connectivity index (χ1) is 19.7. The van der Waals surface area contributed by atoms with Crippen LogP contribution in [0.2, 0.25) is 0 Å². The summed E-state index contributed by atoms with van der Waals surface area (Å²) in [5.74, 6) is -7.38. The molecule has 21 heteroatoms. The molecule has 0 aromatic carbocycles. The van der Waals surface area contributed by atoms with E-state index in [1.807, 2.05) is 0 Å². The fourth-order valence-electron chi connectivity index (χ4n) is 4.41. The number of carboxylic acid groups (broad SMARTS) is 6. The number of carbonyl (C=O) groups is 6. The molecule has 255 valence electrons. The SMILES string of the molecule is O=C([O-])CN1CCN(CC(=O)[O-])CCN(CC(=O)[O-])CC1.O=C([O-])CN1CCN(CC(=O)[O-])CCN(CC(=O)[O-])CC1.[Mn+2].[Mn+2].[Mn+2]. The molecular weight excluding hydrogens is 729 g/mol. The standard InChI is InChI=1S/2C12H21N3O6.3Mn/c2*16-10(17)7-13-1-2-14(8-11(18)19)5-6-15(4-3-13)9-12(20)21;;;/h2*1-9H2,(H,16,17)(H,18,19)(H,20,21);;;/q;;3*+2/p-6. The van der Waals surface area contributed by atoms with E-state index in [0.29, 0.717) is 78.5 Å². The van der Waals surface area contributed by atoms with Crippen molar-refractivity contribution in [1.29, 1.82) is 0 Å². The Morgan fingerprint density at radius 2 is 0.378 bits per heavy atom. The van der Waals surface area contributed by atoms with Gasteiger partial charge in [-0.15, -0.1) is 0 Å². The number of aliphatic carboxylic acids is 6. The molecule has 0 N–H and O–H groups in total. The van der Waals surface area contributed by atoms with Crippen molar-refractivity contribution in [2.75, 3.05) is 118 Å². The van der Waals surface area contributed by atoms with Gasteiger partial charge in [-0.05, 0) is 0 Å². The summed E-state index contributed by atoms with van der Waals surface area (Å²) < 4.78 is 0. The maximum absolute atomic E-state index is 10.7. The molecule has 0 aliphatic carbocycles. The number of hydrogen-bond acceptors (Lipinski definition) is 18. The van der Waals surface area contributed by atoms with Crippen molar-refractivity contribution >= 4 is 35.8 Å². The van der Waals surface area contributed by atoms with Crippen LogP contribution in [0.3, 0.4) is 0 Å². The first kappa shape index (κ1) is 47.5. The Hall–Kier alpha value is -1.86. The van der Waals surface area contributed by atoms with Gasteiger partial charge in [0.15, 0.2) is 0 Å². The first-order valence-electron chi connectivity index (χ1n) is 13.3. The maximum Gasteiger partial charge on any atom is 2.00 e. The summed E-state index contributed by atoms with van der Waals surface area (Å²) in [5, 5.41) is 64.1. The van der Waals surface area contributed by atoms with E-state index in [0.717, 1.165) is 0 Å². The van der Waals surface area contributed by atoms with Crippen molar-refractivity contribution in [3.63, 3.8) is 0 Å². The number of carbonyl (C=O) groups excluding carboxylic acids is 6. The summed E-state index contributed by atoms with van der Waals surface area (Å²) in [7, 11) is 0. The predicted octanol–water partition coefficient (Wildman–Crippen LogP) is -11.7. The molecule has 0 saturated carbocycles. The van der Waals surface area contributed by atoms with E-state index in [2.05, 4.69) is 0 Å². The molecule has 0 atom stereocenters. The summed E-state index contributed by atoms with van der Waals surface area (Å²) >= 11 is 0. The second kappa shape index (κ2) is 26.2. The van der Waals surface area contributed by atoms with Crippen LogP contribution in [-0.2, 0) is 80.0 Å². The zero-order valence-electron chi connectivity index (χ0n) is 24.4. The molecule has 0 amide bonds. The van der Waals surface area contributed by atoms with Gasteiger partial charge in [-0.2, -0.15) is 0 Å². The van der Waals surface area contributed by atoms with Gasteiger partial charge < -0.3 is 59.4 Å². The third-order valence-electron chi connectivity index (χ3n) is 6.51. The van der Waals surface area contributed by atoms with Crippen LogP contribution in [0.4, 0.5) is 0 Å². The smallest absolute Gasteiger partial charge is 0.549 e. The van der Waals surface area contributed by atoms with Crippen molar-refractivity contribution < 1.29 is 111 Å².